The summed E-state index contributed by atoms with van der Waals surface area (Å²) >= 11 is 0. The van der Waals surface area contributed by atoms with Gasteiger partial charge in [0.15, 0.2) is 0 Å². The summed E-state index contributed by atoms with van der Waals surface area (Å²) in [5.74, 6) is -0.325. The molecule has 2 aromatic carbocycles. The van der Waals surface area contributed by atoms with E-state index in [0.29, 0.717) is 70.9 Å². The first-order valence-electron chi connectivity index (χ1n) is 12.6. The third kappa shape index (κ3) is 5.73. The second-order valence-corrected chi connectivity index (χ2v) is 11.4. The lowest BCUT2D eigenvalue weighted by Crippen LogP contribution is -2.30. The van der Waals surface area contributed by atoms with Gasteiger partial charge in [-0.05, 0) is 67.2 Å². The number of aromatic nitrogens is 1. The number of anilines is 1. The van der Waals surface area contributed by atoms with E-state index in [0.717, 1.165) is 11.1 Å². The van der Waals surface area contributed by atoms with E-state index in [9.17, 15) is 23.3 Å². The van der Waals surface area contributed by atoms with Gasteiger partial charge in [-0.15, -0.1) is 0 Å². The number of β-amino-alcohol motifs (C(OH)–C–C–N with tert-alkyl or cyclic N) is 1. The Kier molecular flexibility index (Phi) is 8.48. The van der Waals surface area contributed by atoms with Gasteiger partial charge in [0.25, 0.3) is 11.8 Å². The Morgan fingerprint density at radius 3 is 2.72 bits per heavy atom. The molecule has 2 aliphatic rings. The van der Waals surface area contributed by atoms with Crippen molar-refractivity contribution >= 4 is 40.0 Å². The molecule has 5 N–H and O–H groups in total. The molecular formula is C29H32FN3O5S. The number of aliphatic hydroxyl groups excluding tert-OH is 1. The van der Waals surface area contributed by atoms with E-state index in [2.05, 4.69) is 10.3 Å². The number of halogens is 1. The van der Waals surface area contributed by atoms with Crippen LogP contribution in [0.2, 0.25) is 0 Å². The molecule has 2 atom stereocenters. The minimum atomic E-state index is -0.978. The van der Waals surface area contributed by atoms with E-state index in [1.165, 1.54) is 12.1 Å². The molecule has 2 aliphatic heterocycles. The molecular weight excluding hydrogens is 521 g/mol. The van der Waals surface area contributed by atoms with E-state index in [4.69, 9.17) is 0 Å². The normalized spacial score (nSPS) is 18.2. The fourth-order valence-corrected chi connectivity index (χ4v) is 5.89. The number of H-pyrrole nitrogens is 1. The van der Waals surface area contributed by atoms with Gasteiger partial charge in [-0.3, -0.25) is 13.8 Å². The minimum Gasteiger partial charge on any atom is -0.412 e. The number of aromatic amines is 1. The number of benzene rings is 2. The molecule has 0 aliphatic carbocycles. The fourth-order valence-electron chi connectivity index (χ4n) is 5.34. The molecule has 5 rings (SSSR count). The molecule has 1 fully saturated rings. The highest BCUT2D eigenvalue weighted by molar-refractivity contribution is 7.84. The molecule has 8 nitrogen and oxygen atoms in total. The Hall–Kier alpha value is -3.60. The molecule has 39 heavy (non-hydrogen) atoms. The summed E-state index contributed by atoms with van der Waals surface area (Å²) in [6.07, 6.45) is 4.51. The average Bonchev–Trinajstić information content (AvgIpc) is 3.54. The lowest BCUT2D eigenvalue weighted by molar-refractivity contribution is -0.110. The van der Waals surface area contributed by atoms with Crippen molar-refractivity contribution in [3.8, 4) is 11.1 Å². The van der Waals surface area contributed by atoms with Crippen molar-refractivity contribution in [2.24, 2.45) is 0 Å². The van der Waals surface area contributed by atoms with E-state index in [1.54, 1.807) is 29.4 Å². The van der Waals surface area contributed by atoms with Crippen LogP contribution < -0.4 is 5.32 Å². The second kappa shape index (κ2) is 11.6. The number of nitrogens with zero attached hydrogens (tertiary/aromatic N) is 1. The van der Waals surface area contributed by atoms with Crippen molar-refractivity contribution in [1.82, 2.24) is 9.88 Å². The van der Waals surface area contributed by atoms with Crippen LogP contribution >= 0.6 is 0 Å². The van der Waals surface area contributed by atoms with E-state index in [-0.39, 0.29) is 29.7 Å². The summed E-state index contributed by atoms with van der Waals surface area (Å²) in [6.45, 7) is 2.58. The van der Waals surface area contributed by atoms with Crippen LogP contribution in [0.25, 0.3) is 22.8 Å². The molecule has 10 heteroatoms. The molecule has 3 aromatic rings. The molecule has 2 amide bonds. The lowest BCUT2D eigenvalue weighted by Gasteiger charge is -2.17. The van der Waals surface area contributed by atoms with Crippen LogP contribution in [0.4, 0.5) is 10.1 Å². The zero-order valence-electron chi connectivity index (χ0n) is 21.8. The maximum absolute atomic E-state index is 14.1. The highest BCUT2D eigenvalue weighted by Gasteiger charge is 2.32. The summed E-state index contributed by atoms with van der Waals surface area (Å²) in [4.78, 5) is 31.6. The number of carbonyl (C=O) groups excluding carboxylic acids is 2. The maximum atomic E-state index is 14.1. The minimum absolute atomic E-state index is 0. The Labute approximate surface area is 228 Å². The van der Waals surface area contributed by atoms with Crippen LogP contribution in [0.3, 0.4) is 0 Å². The summed E-state index contributed by atoms with van der Waals surface area (Å²) in [5, 5.41) is 12.9. The molecule has 1 aromatic heterocycles. The van der Waals surface area contributed by atoms with Crippen LogP contribution in [0.5, 0.6) is 0 Å². The fraction of sp³-hybridized carbons (Fsp3) is 0.310. The Morgan fingerprint density at radius 1 is 1.26 bits per heavy atom. The topological polar surface area (TPSA) is 134 Å². The number of hydrogen-bond donors (Lipinski definition) is 3. The lowest BCUT2D eigenvalue weighted by atomic mass is 9.93. The highest BCUT2D eigenvalue weighted by atomic mass is 32.2. The molecule has 0 spiro atoms. The summed E-state index contributed by atoms with van der Waals surface area (Å²) in [5.41, 5.74) is 5.70. The third-order valence-corrected chi connectivity index (χ3v) is 7.96. The van der Waals surface area contributed by atoms with Gasteiger partial charge in [-0.2, -0.15) is 0 Å². The second-order valence-electron chi connectivity index (χ2n) is 9.84. The number of aryl methyl sites for hydroxylation is 1. The van der Waals surface area contributed by atoms with Gasteiger partial charge in [0.2, 0.25) is 0 Å². The molecule has 206 valence electrons. The highest BCUT2D eigenvalue weighted by Crippen LogP contribution is 2.41. The standard InChI is InChI=1S/C29H30FN3O4S.H2O/c1-17-26(29(36)33-12-11-20(34)16-33)22(9-5-13-38(2)37)25(31-17)15-23-27-21(18-6-3-7-19(30)14-18)8-4-10-24(27)32-28(23)35;/h3-4,6-8,10,14-15,20,31,34H,5,9,11-13,16H2,1-2H3,(H,32,35);1H2/b23-15-;/t20-,38?;/m1./s1. The van der Waals surface area contributed by atoms with Crippen molar-refractivity contribution in [1.29, 1.82) is 0 Å². The van der Waals surface area contributed by atoms with Crippen molar-refractivity contribution in [3.05, 3.63) is 76.4 Å². The Bertz CT molecular complexity index is 1480. The molecule has 0 saturated carbocycles. The van der Waals surface area contributed by atoms with Gasteiger partial charge in [0, 0.05) is 58.5 Å². The van der Waals surface area contributed by atoms with E-state index in [1.807, 2.05) is 25.1 Å². The van der Waals surface area contributed by atoms with Gasteiger partial charge in [-0.1, -0.05) is 24.3 Å². The third-order valence-electron chi connectivity index (χ3n) is 7.10. The van der Waals surface area contributed by atoms with Crippen LogP contribution in [0, 0.1) is 12.7 Å². The van der Waals surface area contributed by atoms with Crippen LogP contribution in [0.15, 0.2) is 42.5 Å². The zero-order valence-corrected chi connectivity index (χ0v) is 22.7. The average molecular weight is 554 g/mol. The predicted octanol–water partition coefficient (Wildman–Crippen LogP) is 3.32. The Balaban J connectivity index is 0.00000353. The van der Waals surface area contributed by atoms with E-state index >= 15 is 0 Å². The van der Waals surface area contributed by atoms with Crippen LogP contribution in [-0.4, -0.2) is 67.7 Å². The van der Waals surface area contributed by atoms with Crippen molar-refractivity contribution in [2.45, 2.75) is 32.3 Å². The number of likely N-dealkylation sites (tertiary alicyclic amines) is 1. The van der Waals surface area contributed by atoms with Crippen LogP contribution in [0.1, 0.15) is 45.7 Å². The number of fused-ring (bicyclic) bond motifs is 1. The van der Waals surface area contributed by atoms with Gasteiger partial charge in [0.1, 0.15) is 5.82 Å². The predicted molar refractivity (Wildman–Crippen MR) is 151 cm³/mol. The molecule has 3 heterocycles. The zero-order chi connectivity index (χ0) is 27.0. The largest absolute Gasteiger partial charge is 0.412 e. The summed E-state index contributed by atoms with van der Waals surface area (Å²) in [7, 11) is -0.978. The first kappa shape index (κ1) is 28.4. The van der Waals surface area contributed by atoms with Crippen molar-refractivity contribution < 1.29 is 28.8 Å². The van der Waals surface area contributed by atoms with Gasteiger partial charge in [0.05, 0.1) is 17.2 Å². The number of hydrogen-bond acceptors (Lipinski definition) is 4. The number of aliphatic hydroxyl groups is 1. The Morgan fingerprint density at radius 2 is 2.03 bits per heavy atom. The quantitative estimate of drug-likeness (QED) is 0.387. The van der Waals surface area contributed by atoms with E-state index < -0.39 is 16.9 Å². The number of nitrogens with one attached hydrogen (secondary N) is 2. The monoisotopic (exact) mass is 553 g/mol. The van der Waals surface area contributed by atoms with Crippen molar-refractivity contribution in [3.63, 3.8) is 0 Å². The molecule has 0 bridgehead atoms. The van der Waals surface area contributed by atoms with Crippen LogP contribution in [-0.2, 0) is 22.0 Å². The summed E-state index contributed by atoms with van der Waals surface area (Å²) < 4.78 is 25.8. The van der Waals surface area contributed by atoms with Crippen molar-refractivity contribution in [2.75, 3.05) is 30.4 Å². The molecule has 1 unspecified atom stereocenters. The molecule has 0 radical (unpaired) electrons. The van der Waals surface area contributed by atoms with Gasteiger partial charge < -0.3 is 25.8 Å². The van der Waals surface area contributed by atoms with Gasteiger partial charge >= 0.3 is 0 Å². The SMILES string of the molecule is Cc1[nH]c(/C=C2\C(=O)Nc3cccc(-c4cccc(F)c4)c32)c(CCCS(C)=O)c1C(=O)N1CC[C@@H](O)C1.O. The number of carbonyl (C=O) groups is 2. The van der Waals surface area contributed by atoms with Gasteiger partial charge in [-0.25, -0.2) is 4.39 Å². The maximum Gasteiger partial charge on any atom is 0.256 e. The number of amides is 2. The molecule has 1 saturated heterocycles. The smallest absolute Gasteiger partial charge is 0.256 e. The summed E-state index contributed by atoms with van der Waals surface area (Å²) in [6, 6.07) is 11.7. The first-order chi connectivity index (χ1) is 18.2. The number of rotatable bonds is 7. The first-order valence-corrected chi connectivity index (χ1v) is 14.4.